The SMILES string of the molecule is C#CCN(CCC)c1ccc(CO)cc1[N+](=O)[O-]. The van der Waals surface area contributed by atoms with E-state index in [9.17, 15) is 10.1 Å². The van der Waals surface area contributed by atoms with Crippen LogP contribution in [-0.2, 0) is 6.61 Å². The van der Waals surface area contributed by atoms with Crippen LogP contribution in [0.4, 0.5) is 11.4 Å². The molecule has 1 N–H and O–H groups in total. The molecule has 0 aliphatic rings. The third kappa shape index (κ3) is 3.22. The predicted molar refractivity (Wildman–Crippen MR) is 70.4 cm³/mol. The summed E-state index contributed by atoms with van der Waals surface area (Å²) in [5.74, 6) is 2.50. The second-order valence-corrected chi connectivity index (χ2v) is 3.86. The number of hydrogen-bond acceptors (Lipinski definition) is 4. The zero-order valence-corrected chi connectivity index (χ0v) is 10.3. The monoisotopic (exact) mass is 248 g/mol. The van der Waals surface area contributed by atoms with E-state index in [0.29, 0.717) is 24.3 Å². The highest BCUT2D eigenvalue weighted by molar-refractivity contribution is 5.64. The number of nitrogens with zero attached hydrogens (tertiary/aromatic N) is 2. The van der Waals surface area contributed by atoms with E-state index in [4.69, 9.17) is 11.5 Å². The summed E-state index contributed by atoms with van der Waals surface area (Å²) in [6.45, 7) is 2.75. The highest BCUT2D eigenvalue weighted by Crippen LogP contribution is 2.29. The maximum absolute atomic E-state index is 11.0. The number of aliphatic hydroxyl groups is 1. The zero-order valence-electron chi connectivity index (χ0n) is 10.3. The van der Waals surface area contributed by atoms with Gasteiger partial charge in [-0.05, 0) is 18.1 Å². The summed E-state index contributed by atoms with van der Waals surface area (Å²) in [6, 6.07) is 4.69. The Morgan fingerprint density at radius 1 is 1.56 bits per heavy atom. The second kappa shape index (κ2) is 6.62. The van der Waals surface area contributed by atoms with Crippen LogP contribution in [0.25, 0.3) is 0 Å². The molecule has 0 atom stereocenters. The molecule has 0 aliphatic heterocycles. The van der Waals surface area contributed by atoms with Gasteiger partial charge in [0, 0.05) is 12.6 Å². The number of benzene rings is 1. The van der Waals surface area contributed by atoms with E-state index < -0.39 is 4.92 Å². The molecule has 1 rings (SSSR count). The van der Waals surface area contributed by atoms with Crippen LogP contribution in [-0.4, -0.2) is 23.1 Å². The molecule has 0 saturated carbocycles. The van der Waals surface area contributed by atoms with Crippen LogP contribution in [0.3, 0.4) is 0 Å². The molecule has 0 bridgehead atoms. The summed E-state index contributed by atoms with van der Waals surface area (Å²) >= 11 is 0. The number of hydrogen-bond donors (Lipinski definition) is 1. The van der Waals surface area contributed by atoms with E-state index in [1.165, 1.54) is 6.07 Å². The van der Waals surface area contributed by atoms with Gasteiger partial charge in [-0.2, -0.15) is 0 Å². The van der Waals surface area contributed by atoms with Gasteiger partial charge < -0.3 is 10.0 Å². The molecule has 1 aromatic carbocycles. The summed E-state index contributed by atoms with van der Waals surface area (Å²) in [5.41, 5.74) is 0.991. The van der Waals surface area contributed by atoms with Crippen LogP contribution in [0.1, 0.15) is 18.9 Å². The van der Waals surface area contributed by atoms with Gasteiger partial charge >= 0.3 is 0 Å². The van der Waals surface area contributed by atoms with Crippen molar-refractivity contribution >= 4 is 11.4 Å². The van der Waals surface area contributed by atoms with Gasteiger partial charge in [0.2, 0.25) is 0 Å². The van der Waals surface area contributed by atoms with Crippen molar-refractivity contribution in [3.63, 3.8) is 0 Å². The lowest BCUT2D eigenvalue weighted by atomic mass is 10.1. The van der Waals surface area contributed by atoms with Crippen molar-refractivity contribution < 1.29 is 10.0 Å². The van der Waals surface area contributed by atoms with E-state index in [2.05, 4.69) is 5.92 Å². The Kier molecular flexibility index (Phi) is 5.15. The smallest absolute Gasteiger partial charge is 0.292 e. The molecule has 0 heterocycles. The first-order valence-electron chi connectivity index (χ1n) is 5.70. The maximum Gasteiger partial charge on any atom is 0.292 e. The fourth-order valence-corrected chi connectivity index (χ4v) is 1.75. The molecule has 0 saturated heterocycles. The number of nitro groups is 1. The largest absolute Gasteiger partial charge is 0.392 e. The molecule has 0 amide bonds. The lowest BCUT2D eigenvalue weighted by Gasteiger charge is -2.21. The van der Waals surface area contributed by atoms with E-state index in [1.54, 1.807) is 17.0 Å². The van der Waals surface area contributed by atoms with Crippen molar-refractivity contribution in [2.24, 2.45) is 0 Å². The number of aliphatic hydroxyl groups excluding tert-OH is 1. The Morgan fingerprint density at radius 3 is 2.78 bits per heavy atom. The number of anilines is 1. The summed E-state index contributed by atoms with van der Waals surface area (Å²) in [5, 5.41) is 20.1. The Hall–Kier alpha value is -2.06. The summed E-state index contributed by atoms with van der Waals surface area (Å²) in [6.07, 6.45) is 6.13. The van der Waals surface area contributed by atoms with E-state index in [1.807, 2.05) is 6.92 Å². The van der Waals surface area contributed by atoms with Crippen molar-refractivity contribution in [1.29, 1.82) is 0 Å². The summed E-state index contributed by atoms with van der Waals surface area (Å²) < 4.78 is 0. The third-order valence-corrected chi connectivity index (χ3v) is 2.54. The van der Waals surface area contributed by atoms with Crippen LogP contribution < -0.4 is 4.90 Å². The minimum atomic E-state index is -0.451. The standard InChI is InChI=1S/C13H16N2O3/c1-3-7-14(8-4-2)12-6-5-11(10-16)9-13(12)15(17)18/h1,5-6,9,16H,4,7-8,10H2,2H3. The Morgan fingerprint density at radius 2 is 2.28 bits per heavy atom. The molecule has 18 heavy (non-hydrogen) atoms. The fourth-order valence-electron chi connectivity index (χ4n) is 1.75. The molecular weight excluding hydrogens is 232 g/mol. The Bertz CT molecular complexity index is 466. The topological polar surface area (TPSA) is 66.6 Å². The van der Waals surface area contributed by atoms with Gasteiger partial charge in [-0.25, -0.2) is 0 Å². The van der Waals surface area contributed by atoms with E-state index in [0.717, 1.165) is 6.42 Å². The molecule has 1 aromatic rings. The summed E-state index contributed by atoms with van der Waals surface area (Å²) in [4.78, 5) is 12.4. The van der Waals surface area contributed by atoms with Crippen molar-refractivity contribution in [2.75, 3.05) is 18.0 Å². The highest BCUT2D eigenvalue weighted by atomic mass is 16.6. The first kappa shape index (κ1) is 14.0. The number of nitro benzene ring substituents is 1. The first-order valence-corrected chi connectivity index (χ1v) is 5.70. The fraction of sp³-hybridized carbons (Fsp3) is 0.385. The average Bonchev–Trinajstić information content (AvgIpc) is 2.37. The van der Waals surface area contributed by atoms with Crippen LogP contribution in [0.2, 0.25) is 0 Å². The molecule has 5 nitrogen and oxygen atoms in total. The van der Waals surface area contributed by atoms with Crippen molar-refractivity contribution in [3.05, 3.63) is 33.9 Å². The highest BCUT2D eigenvalue weighted by Gasteiger charge is 2.19. The Labute approximate surface area is 106 Å². The van der Waals surface area contributed by atoms with Crippen LogP contribution in [0.15, 0.2) is 18.2 Å². The van der Waals surface area contributed by atoms with Gasteiger partial charge in [0.05, 0.1) is 18.1 Å². The predicted octanol–water partition coefficient (Wildman–Crippen LogP) is 1.94. The second-order valence-electron chi connectivity index (χ2n) is 3.86. The van der Waals surface area contributed by atoms with Crippen molar-refractivity contribution in [2.45, 2.75) is 20.0 Å². The van der Waals surface area contributed by atoms with Crippen molar-refractivity contribution in [3.8, 4) is 12.3 Å². The molecule has 0 spiro atoms. The van der Waals surface area contributed by atoms with Gasteiger partial charge in [-0.15, -0.1) is 6.42 Å². The molecule has 96 valence electrons. The molecule has 0 unspecified atom stereocenters. The average molecular weight is 248 g/mol. The normalized spacial score (nSPS) is 9.83. The van der Waals surface area contributed by atoms with Crippen molar-refractivity contribution in [1.82, 2.24) is 0 Å². The third-order valence-electron chi connectivity index (χ3n) is 2.54. The number of terminal acetylenes is 1. The van der Waals surface area contributed by atoms with Gasteiger partial charge in [0.1, 0.15) is 5.69 Å². The van der Waals surface area contributed by atoms with Gasteiger partial charge in [0.15, 0.2) is 0 Å². The molecule has 0 aromatic heterocycles. The van der Waals surface area contributed by atoms with E-state index >= 15 is 0 Å². The van der Waals surface area contributed by atoms with E-state index in [-0.39, 0.29) is 12.3 Å². The minimum Gasteiger partial charge on any atom is -0.392 e. The lowest BCUT2D eigenvalue weighted by Crippen LogP contribution is -2.25. The Balaban J connectivity index is 3.20. The van der Waals surface area contributed by atoms with Crippen LogP contribution in [0.5, 0.6) is 0 Å². The number of rotatable bonds is 6. The molecule has 0 aliphatic carbocycles. The zero-order chi connectivity index (χ0) is 13.5. The maximum atomic E-state index is 11.0. The summed E-state index contributed by atoms with van der Waals surface area (Å²) in [7, 11) is 0. The van der Waals surface area contributed by atoms with Crippen LogP contribution >= 0.6 is 0 Å². The molecule has 0 radical (unpaired) electrons. The lowest BCUT2D eigenvalue weighted by molar-refractivity contribution is -0.384. The molecular formula is C13H16N2O3. The van der Waals surface area contributed by atoms with Crippen LogP contribution in [0, 0.1) is 22.5 Å². The van der Waals surface area contributed by atoms with Gasteiger partial charge in [-0.3, -0.25) is 10.1 Å². The van der Waals surface area contributed by atoms with Gasteiger partial charge in [0.25, 0.3) is 5.69 Å². The molecule has 0 fully saturated rings. The quantitative estimate of drug-likeness (QED) is 0.474. The minimum absolute atomic E-state index is 0.0229. The first-order chi connectivity index (χ1) is 8.63. The van der Waals surface area contributed by atoms with Gasteiger partial charge in [-0.1, -0.05) is 18.9 Å². The molecule has 5 heteroatoms.